The van der Waals surface area contributed by atoms with Crippen molar-refractivity contribution in [3.8, 4) is 0 Å². The van der Waals surface area contributed by atoms with Gasteiger partial charge in [-0.15, -0.1) is 0 Å². The monoisotopic (exact) mass is 2030 g/mol. The van der Waals surface area contributed by atoms with Gasteiger partial charge in [-0.05, 0) is 246 Å². The zero-order valence-electron chi connectivity index (χ0n) is 91.6. The summed E-state index contributed by atoms with van der Waals surface area (Å²) in [4.78, 5) is 30.2. The number of rotatable bonds is 46. The van der Waals surface area contributed by atoms with E-state index in [4.69, 9.17) is 46.1 Å². The molecule has 6 aliphatic heterocycles. The lowest BCUT2D eigenvalue weighted by molar-refractivity contribution is 0.0997. The highest BCUT2D eigenvalue weighted by Crippen LogP contribution is 2.26. The molecule has 6 aromatic heterocycles. The minimum atomic E-state index is 0.548. The molecule has 0 unspecified atom stereocenters. The molecule has 0 radical (unpaired) electrons. The molecule has 0 N–H and O–H groups in total. The molecule has 0 saturated carbocycles. The van der Waals surface area contributed by atoms with Gasteiger partial charge < -0.3 is 75.5 Å². The number of aromatic nitrogens is 6. The summed E-state index contributed by atoms with van der Waals surface area (Å²) in [5, 5.41) is 24.0. The summed E-state index contributed by atoms with van der Waals surface area (Å²) in [6.45, 7) is 64.1. The molecule has 0 amide bonds. The molecule has 804 valence electrons. The quantitative estimate of drug-likeness (QED) is 0.0323. The predicted molar refractivity (Wildman–Crippen MR) is 598 cm³/mol. The lowest BCUT2D eigenvalue weighted by atomic mass is 10.1. The molecule has 148 heavy (non-hydrogen) atoms. The highest BCUT2D eigenvalue weighted by Gasteiger charge is 2.25. The van der Waals surface area contributed by atoms with Gasteiger partial charge in [-0.3, -0.25) is 29.4 Å². The standard InChI is InChI=1S/C21H31N3O.3C20H29N3O2.C20H29N3O.C19H27N3O2/c1-18-8-10-21(11-9-18)24-15-13-23(14-16-24)12-6-4-3-5-7-20-17-19(2)25-22-20;1-17-4-6-20(7-5-17)23-12-10-22(11-13-23)9-3-14-24-15-8-19-16-18(2)25-21-19;1-17-5-7-20(8-6-17)23-11-9-22(10-12-23)13-15-24-14-3-4-19-16-18(2)25-21-19;1-17-5-7-20(8-6-17)23-12-10-22(11-13-23)9-3-4-14-24-16-19-15-18(2)25-21-19;1-17-7-9-20(10-8-17)23-14-12-22(13-15-23)11-5-3-4-6-19-16-18(2)24-21-19;1-16-3-5-19(6-4-16)22-10-8-21(9-11-22)12-14-23-13-7-18-15-17(2)24-20-18/h8-11,17H,3-7,12-16H2,1-2H3;4-7,16H,3,8-15H2,1-2H3;5-8,16H,3-4,9-15H2,1-2H3;5-8,15H,3-4,9-14,16H2,1-2H3;7-10,16H,3-6,11-15H2,1-2H3;3-6,15H,7-14H2,1-2H3. The van der Waals surface area contributed by atoms with Crippen molar-refractivity contribution in [2.24, 2.45) is 0 Å². The maximum absolute atomic E-state index is 5.78. The van der Waals surface area contributed by atoms with Crippen LogP contribution >= 0.6 is 0 Å². The van der Waals surface area contributed by atoms with E-state index in [1.807, 2.05) is 77.9 Å². The van der Waals surface area contributed by atoms with Crippen LogP contribution in [-0.2, 0) is 57.7 Å². The highest BCUT2D eigenvalue weighted by molar-refractivity contribution is 5.53. The molecule has 0 atom stereocenters. The minimum Gasteiger partial charge on any atom is -0.381 e. The number of anilines is 6. The van der Waals surface area contributed by atoms with Crippen LogP contribution in [0.5, 0.6) is 0 Å². The molecule has 12 aromatic rings. The number of aryl methyl sites for hydroxylation is 15. The SMILES string of the molecule is Cc1ccc(N2CCN(CCCCCCc3cc(C)on3)CC2)cc1.Cc1ccc(N2CCN(CCCCCc3cc(C)on3)CC2)cc1.Cc1ccc(N2CCN(CCCCOCc3cc(C)on3)CC2)cc1.Cc1ccc(N2CCN(CCCOCCc3cc(C)on3)CC2)cc1.Cc1ccc(N2CCN(CCOCCCc3cc(C)on3)CC2)cc1.Cc1ccc(N2CCN(CCOCCc3cc(C)on3)CC2)cc1. The van der Waals surface area contributed by atoms with Crippen LogP contribution in [0.15, 0.2) is 209 Å². The minimum absolute atomic E-state index is 0.548. The normalized spacial score (nSPS) is 15.7. The van der Waals surface area contributed by atoms with Crippen LogP contribution in [0.4, 0.5) is 34.1 Å². The second-order valence-electron chi connectivity index (χ2n) is 41.1. The van der Waals surface area contributed by atoms with Crippen LogP contribution in [0, 0.1) is 83.1 Å². The molecule has 28 nitrogen and oxygen atoms in total. The molecule has 6 saturated heterocycles. The molecular weight excluding hydrogens is 1850 g/mol. The van der Waals surface area contributed by atoms with Gasteiger partial charge in [0.15, 0.2) is 0 Å². The fourth-order valence-electron chi connectivity index (χ4n) is 19.4. The average molecular weight is 2030 g/mol. The van der Waals surface area contributed by atoms with Crippen LogP contribution in [0.2, 0.25) is 0 Å². The molecule has 0 spiro atoms. The first-order valence-corrected chi connectivity index (χ1v) is 55.3. The summed E-state index contributed by atoms with van der Waals surface area (Å²) in [5.74, 6) is 5.26. The van der Waals surface area contributed by atoms with Crippen LogP contribution < -0.4 is 29.4 Å². The predicted octanol–water partition coefficient (Wildman–Crippen LogP) is 20.3. The molecule has 28 heteroatoms. The second-order valence-corrected chi connectivity index (χ2v) is 41.1. The summed E-state index contributed by atoms with van der Waals surface area (Å²) in [6, 6.07) is 65.1. The smallest absolute Gasteiger partial charge is 0.134 e. The Hall–Kier alpha value is -11.0. The topological polar surface area (TPSA) is 232 Å². The van der Waals surface area contributed by atoms with Crippen molar-refractivity contribution in [1.29, 1.82) is 0 Å². The Labute approximate surface area is 884 Å². The number of piperazine rings is 6. The van der Waals surface area contributed by atoms with Crippen LogP contribution in [0.3, 0.4) is 0 Å². The molecular formula is C120H174N18O10. The van der Waals surface area contributed by atoms with E-state index in [2.05, 4.69) is 277 Å². The number of hydrogen-bond acceptors (Lipinski definition) is 28. The second kappa shape index (κ2) is 63.9. The molecule has 6 fully saturated rings. The van der Waals surface area contributed by atoms with Crippen LogP contribution in [0.25, 0.3) is 0 Å². The summed E-state index contributed by atoms with van der Waals surface area (Å²) in [5.41, 5.74) is 22.1. The number of unbranched alkanes of at least 4 members (excludes halogenated alkanes) is 6. The Morgan fingerprint density at radius 2 is 0.385 bits per heavy atom. The van der Waals surface area contributed by atoms with Gasteiger partial charge in [-0.25, -0.2) is 0 Å². The summed E-state index contributed by atoms with van der Waals surface area (Å²) in [7, 11) is 0. The van der Waals surface area contributed by atoms with Gasteiger partial charge in [0.05, 0.1) is 61.5 Å². The third-order valence-electron chi connectivity index (χ3n) is 28.6. The molecule has 0 aliphatic carbocycles. The van der Waals surface area contributed by atoms with Crippen molar-refractivity contribution >= 4 is 34.1 Å². The van der Waals surface area contributed by atoms with Crippen LogP contribution in [0.1, 0.15) is 173 Å². The van der Waals surface area contributed by atoms with E-state index >= 15 is 0 Å². The van der Waals surface area contributed by atoms with Gasteiger partial charge in [0.2, 0.25) is 0 Å². The first kappa shape index (κ1) is 114. The lowest BCUT2D eigenvalue weighted by Crippen LogP contribution is -2.47. The van der Waals surface area contributed by atoms with Crippen molar-refractivity contribution in [2.45, 2.75) is 192 Å². The van der Waals surface area contributed by atoms with Crippen LogP contribution in [-0.4, -0.2) is 303 Å². The number of benzene rings is 6. The van der Waals surface area contributed by atoms with E-state index < -0.39 is 0 Å². The Kier molecular flexibility index (Phi) is 49.2. The van der Waals surface area contributed by atoms with E-state index in [-0.39, 0.29) is 0 Å². The summed E-state index contributed by atoms with van der Waals surface area (Å²) in [6.07, 6.45) is 17.9. The van der Waals surface area contributed by atoms with Crippen molar-refractivity contribution < 1.29 is 46.1 Å². The van der Waals surface area contributed by atoms with Gasteiger partial charge in [0.25, 0.3) is 0 Å². The zero-order chi connectivity index (χ0) is 103. The van der Waals surface area contributed by atoms with E-state index in [0.717, 1.165) is 310 Å². The number of nitrogens with zero attached hydrogens (tertiary/aromatic N) is 18. The Balaban J connectivity index is 0.000000148. The largest absolute Gasteiger partial charge is 0.381 e. The first-order valence-electron chi connectivity index (χ1n) is 55.3. The average Bonchev–Trinajstić information content (AvgIpc) is 1.49. The third-order valence-corrected chi connectivity index (χ3v) is 28.6. The maximum Gasteiger partial charge on any atom is 0.134 e. The molecule has 6 aliphatic rings. The van der Waals surface area contributed by atoms with Gasteiger partial charge >= 0.3 is 0 Å². The first-order chi connectivity index (χ1) is 72.2. The van der Waals surface area contributed by atoms with Crippen molar-refractivity contribution in [1.82, 2.24) is 60.3 Å². The zero-order valence-corrected chi connectivity index (χ0v) is 91.6. The van der Waals surface area contributed by atoms with E-state index in [0.29, 0.717) is 19.8 Å². The Morgan fingerprint density at radius 1 is 0.182 bits per heavy atom. The Morgan fingerprint density at radius 3 is 0.655 bits per heavy atom. The summed E-state index contributed by atoms with van der Waals surface area (Å²) >= 11 is 0. The van der Waals surface area contributed by atoms with Gasteiger partial charge in [-0.2, -0.15) is 0 Å². The van der Waals surface area contributed by atoms with Gasteiger partial charge in [0.1, 0.15) is 40.3 Å². The van der Waals surface area contributed by atoms with E-state index in [9.17, 15) is 0 Å². The molecule has 12 heterocycles. The van der Waals surface area contributed by atoms with E-state index in [1.165, 1.54) is 158 Å². The summed E-state index contributed by atoms with van der Waals surface area (Å²) < 4.78 is 53.3. The van der Waals surface area contributed by atoms with Crippen molar-refractivity contribution in [3.63, 3.8) is 0 Å². The fraction of sp³-hybridized carbons (Fsp3) is 0.550. The van der Waals surface area contributed by atoms with Crippen molar-refractivity contribution in [2.75, 3.05) is 272 Å². The number of hydrogen-bond donors (Lipinski definition) is 0. The van der Waals surface area contributed by atoms with Crippen molar-refractivity contribution in [3.05, 3.63) is 284 Å². The van der Waals surface area contributed by atoms with E-state index in [1.54, 1.807) is 0 Å². The van der Waals surface area contributed by atoms with Gasteiger partial charge in [0, 0.05) is 280 Å². The third kappa shape index (κ3) is 42.4. The lowest BCUT2D eigenvalue weighted by Gasteiger charge is -2.36. The fourth-order valence-corrected chi connectivity index (χ4v) is 19.4. The van der Waals surface area contributed by atoms with Gasteiger partial charge in [-0.1, -0.05) is 156 Å². The highest BCUT2D eigenvalue weighted by atomic mass is 16.5. The number of ether oxygens (including phenoxy) is 4. The molecule has 6 aromatic carbocycles. The molecule has 18 rings (SSSR count). The maximum atomic E-state index is 5.78. The Bertz CT molecular complexity index is 4930. The molecule has 0 bridgehead atoms.